The molecule has 0 aliphatic heterocycles. The van der Waals surface area contributed by atoms with E-state index < -0.39 is 26.9 Å². The standard InChI is InChI=1S/C15H16ClN3O5S2/c1-8-14(19-24-18-8)17-15(20)10-5-6-11(26(2,22)23)13(12(10)16)25(21)7-9-3-4-9/h5-6,9H,3-4,7H2,1-2H3,(H,17,19,20). The maximum absolute atomic E-state index is 12.7. The monoisotopic (exact) mass is 417 g/mol. The maximum Gasteiger partial charge on any atom is 0.258 e. The van der Waals surface area contributed by atoms with Crippen molar-refractivity contribution in [2.24, 2.45) is 5.92 Å². The van der Waals surface area contributed by atoms with Crippen LogP contribution in [0.25, 0.3) is 0 Å². The van der Waals surface area contributed by atoms with Crippen LogP contribution < -0.4 is 5.32 Å². The van der Waals surface area contributed by atoms with Crippen molar-refractivity contribution < 1.29 is 22.4 Å². The second-order valence-corrected chi connectivity index (χ2v) is 9.93. The molecule has 1 aliphatic rings. The summed E-state index contributed by atoms with van der Waals surface area (Å²) in [7, 11) is -3.66. The van der Waals surface area contributed by atoms with Crippen LogP contribution in [0.3, 0.4) is 0 Å². The van der Waals surface area contributed by atoms with E-state index in [0.29, 0.717) is 17.4 Å². The minimum Gasteiger partial charge on any atom is -0.611 e. The van der Waals surface area contributed by atoms with Crippen molar-refractivity contribution in [1.29, 1.82) is 0 Å². The molecule has 1 N–H and O–H groups in total. The van der Waals surface area contributed by atoms with Crippen LogP contribution in [0.4, 0.5) is 5.82 Å². The molecule has 1 fully saturated rings. The van der Waals surface area contributed by atoms with Gasteiger partial charge in [-0.3, -0.25) is 4.79 Å². The Hall–Kier alpha value is -1.62. The van der Waals surface area contributed by atoms with Gasteiger partial charge in [0.15, 0.2) is 14.7 Å². The highest BCUT2D eigenvalue weighted by Gasteiger charge is 2.34. The number of carbonyl (C=O) groups is 1. The lowest BCUT2D eigenvalue weighted by Crippen LogP contribution is -2.18. The van der Waals surface area contributed by atoms with Crippen LogP contribution in [0, 0.1) is 12.8 Å². The molecule has 0 spiro atoms. The lowest BCUT2D eigenvalue weighted by atomic mass is 10.2. The van der Waals surface area contributed by atoms with E-state index in [0.717, 1.165) is 19.1 Å². The van der Waals surface area contributed by atoms with Crippen LogP contribution >= 0.6 is 11.6 Å². The number of hydrogen-bond acceptors (Lipinski definition) is 7. The Kier molecular flexibility index (Phi) is 5.29. The highest BCUT2D eigenvalue weighted by Crippen LogP contribution is 2.38. The van der Waals surface area contributed by atoms with Gasteiger partial charge in [0.2, 0.25) is 5.82 Å². The number of aromatic nitrogens is 2. The van der Waals surface area contributed by atoms with Gasteiger partial charge in [-0.25, -0.2) is 13.0 Å². The van der Waals surface area contributed by atoms with E-state index in [9.17, 15) is 17.8 Å². The van der Waals surface area contributed by atoms with Crippen LogP contribution in [0.1, 0.15) is 28.9 Å². The number of aryl methyl sites for hydroxylation is 1. The summed E-state index contributed by atoms with van der Waals surface area (Å²) in [6, 6.07) is 2.54. The first-order valence-electron chi connectivity index (χ1n) is 7.70. The summed E-state index contributed by atoms with van der Waals surface area (Å²) in [6.07, 6.45) is 2.92. The van der Waals surface area contributed by atoms with E-state index in [2.05, 4.69) is 20.3 Å². The van der Waals surface area contributed by atoms with Crippen molar-refractivity contribution in [3.05, 3.63) is 28.4 Å². The number of carbonyl (C=O) groups excluding carboxylic acids is 1. The zero-order valence-corrected chi connectivity index (χ0v) is 16.4. The number of nitrogens with zero attached hydrogens (tertiary/aromatic N) is 2. The van der Waals surface area contributed by atoms with Crippen LogP contribution in [0.2, 0.25) is 5.02 Å². The highest BCUT2D eigenvalue weighted by molar-refractivity contribution is 7.94. The fraction of sp³-hybridized carbons (Fsp3) is 0.400. The lowest BCUT2D eigenvalue weighted by molar-refractivity contribution is 0.102. The minimum atomic E-state index is -3.66. The van der Waals surface area contributed by atoms with Crippen LogP contribution in [-0.2, 0) is 21.0 Å². The van der Waals surface area contributed by atoms with Crippen molar-refractivity contribution in [2.75, 3.05) is 17.3 Å². The van der Waals surface area contributed by atoms with Crippen molar-refractivity contribution in [2.45, 2.75) is 29.6 Å². The first-order chi connectivity index (χ1) is 12.2. The average molecular weight is 418 g/mol. The summed E-state index contributed by atoms with van der Waals surface area (Å²) in [4.78, 5) is 12.4. The number of benzene rings is 1. The molecular weight excluding hydrogens is 402 g/mol. The number of sulfone groups is 1. The summed E-state index contributed by atoms with van der Waals surface area (Å²) in [5.41, 5.74) is 0.375. The zero-order chi connectivity index (χ0) is 19.1. The van der Waals surface area contributed by atoms with Crippen LogP contribution in [0.5, 0.6) is 0 Å². The Morgan fingerprint density at radius 1 is 1.42 bits per heavy atom. The second-order valence-electron chi connectivity index (χ2n) is 6.13. The lowest BCUT2D eigenvalue weighted by Gasteiger charge is -2.16. The van der Waals surface area contributed by atoms with E-state index in [1.165, 1.54) is 12.1 Å². The smallest absolute Gasteiger partial charge is 0.258 e. The molecule has 2 aromatic rings. The Morgan fingerprint density at radius 3 is 2.65 bits per heavy atom. The summed E-state index contributed by atoms with van der Waals surface area (Å²) >= 11 is 4.69. The molecule has 140 valence electrons. The summed E-state index contributed by atoms with van der Waals surface area (Å²) in [5, 5.41) is 9.46. The molecule has 0 saturated heterocycles. The van der Waals surface area contributed by atoms with Crippen LogP contribution in [0.15, 0.2) is 26.6 Å². The predicted octanol–water partition coefficient (Wildman–Crippen LogP) is 2.20. The predicted molar refractivity (Wildman–Crippen MR) is 95.5 cm³/mol. The average Bonchev–Trinajstić information content (AvgIpc) is 3.27. The van der Waals surface area contributed by atoms with Crippen molar-refractivity contribution in [3.8, 4) is 0 Å². The van der Waals surface area contributed by atoms with Gasteiger partial charge in [0.1, 0.15) is 21.4 Å². The molecule has 1 amide bonds. The Labute approximate surface area is 158 Å². The van der Waals surface area contributed by atoms with Gasteiger partial charge in [-0.1, -0.05) is 16.8 Å². The Morgan fingerprint density at radius 2 is 2.12 bits per heavy atom. The number of halogens is 1. The van der Waals surface area contributed by atoms with Gasteiger partial charge in [-0.05, 0) is 48.2 Å². The molecule has 1 atom stereocenters. The SMILES string of the molecule is Cc1nonc1NC(=O)c1ccc(S(C)(=O)=O)c([S+]([O-])CC2CC2)c1Cl. The molecule has 8 nitrogen and oxygen atoms in total. The molecule has 1 heterocycles. The van der Waals surface area contributed by atoms with E-state index in [1.807, 2.05) is 0 Å². The van der Waals surface area contributed by atoms with Gasteiger partial charge >= 0.3 is 0 Å². The molecule has 26 heavy (non-hydrogen) atoms. The van der Waals surface area contributed by atoms with Crippen LogP contribution in [-0.4, -0.2) is 41.2 Å². The van der Waals surface area contributed by atoms with Crippen molar-refractivity contribution >= 4 is 44.3 Å². The third-order valence-electron chi connectivity index (χ3n) is 3.90. The molecule has 1 unspecified atom stereocenters. The molecule has 3 rings (SSSR count). The van der Waals surface area contributed by atoms with Crippen molar-refractivity contribution in [3.63, 3.8) is 0 Å². The summed E-state index contributed by atoms with van der Waals surface area (Å²) in [5.74, 6) is 0.109. The van der Waals surface area contributed by atoms with Gasteiger partial charge in [0, 0.05) is 12.2 Å². The fourth-order valence-electron chi connectivity index (χ4n) is 2.32. The molecule has 11 heteroatoms. The van der Waals surface area contributed by atoms with Gasteiger partial charge < -0.3 is 9.87 Å². The van der Waals surface area contributed by atoms with Gasteiger partial charge in [0.05, 0.1) is 5.56 Å². The third-order valence-corrected chi connectivity index (χ3v) is 7.33. The Bertz CT molecular complexity index is 956. The van der Waals surface area contributed by atoms with E-state index >= 15 is 0 Å². The molecular formula is C15H16ClN3O5S2. The first-order valence-corrected chi connectivity index (χ1v) is 11.3. The molecule has 1 aromatic heterocycles. The number of hydrogen-bond donors (Lipinski definition) is 1. The normalized spacial score (nSPS) is 15.7. The highest BCUT2D eigenvalue weighted by atomic mass is 35.5. The van der Waals surface area contributed by atoms with Gasteiger partial charge in [-0.2, -0.15) is 0 Å². The molecule has 0 radical (unpaired) electrons. The summed E-state index contributed by atoms with van der Waals surface area (Å²) < 4.78 is 41.4. The minimum absolute atomic E-state index is 0.000568. The molecule has 0 bridgehead atoms. The van der Waals surface area contributed by atoms with E-state index in [4.69, 9.17) is 11.6 Å². The van der Waals surface area contributed by atoms with Gasteiger partial charge in [0.25, 0.3) is 5.91 Å². The molecule has 1 saturated carbocycles. The van der Waals surface area contributed by atoms with E-state index in [-0.39, 0.29) is 26.2 Å². The Balaban J connectivity index is 2.01. The number of nitrogens with one attached hydrogen (secondary N) is 1. The topological polar surface area (TPSA) is 125 Å². The maximum atomic E-state index is 12.7. The fourth-order valence-corrected chi connectivity index (χ4v) is 5.90. The second kappa shape index (κ2) is 7.18. The number of anilines is 1. The summed E-state index contributed by atoms with van der Waals surface area (Å²) in [6.45, 7) is 1.59. The first kappa shape index (κ1) is 19.2. The van der Waals surface area contributed by atoms with Crippen molar-refractivity contribution in [1.82, 2.24) is 10.3 Å². The molecule has 1 aromatic carbocycles. The quantitative estimate of drug-likeness (QED) is 0.714. The third kappa shape index (κ3) is 4.03. The van der Waals surface area contributed by atoms with Gasteiger partial charge in [-0.15, -0.1) is 0 Å². The zero-order valence-electron chi connectivity index (χ0n) is 14.0. The largest absolute Gasteiger partial charge is 0.611 e. The number of amides is 1. The number of rotatable bonds is 6. The van der Waals surface area contributed by atoms with E-state index in [1.54, 1.807) is 6.92 Å². The molecule has 1 aliphatic carbocycles.